The first-order chi connectivity index (χ1) is 16.1. The van der Waals surface area contributed by atoms with Gasteiger partial charge in [0.2, 0.25) is 12.7 Å². The van der Waals surface area contributed by atoms with E-state index in [2.05, 4.69) is 16.0 Å². The molecule has 0 radical (unpaired) electrons. The lowest BCUT2D eigenvalue weighted by Crippen LogP contribution is -2.14. The molecule has 0 bridgehead atoms. The zero-order valence-electron chi connectivity index (χ0n) is 18.5. The van der Waals surface area contributed by atoms with Gasteiger partial charge in [0.05, 0.1) is 20.6 Å². The minimum absolute atomic E-state index is 0.0974. The van der Waals surface area contributed by atoms with Crippen molar-refractivity contribution < 1.29 is 23.7 Å². The maximum Gasteiger partial charge on any atom is 0.231 e. The largest absolute Gasteiger partial charge is 0.497 e. The summed E-state index contributed by atoms with van der Waals surface area (Å²) in [4.78, 5) is 12.8. The molecule has 7 nitrogen and oxygen atoms in total. The molecule has 1 aliphatic rings. The number of hydrogen-bond donors (Lipinski definition) is 1. The molecule has 3 aromatic carbocycles. The highest BCUT2D eigenvalue weighted by atomic mass is 16.7. The first-order valence-corrected chi connectivity index (χ1v) is 10.6. The van der Waals surface area contributed by atoms with Crippen molar-refractivity contribution in [1.82, 2.24) is 4.57 Å². The number of fused-ring (bicyclic) bond motifs is 2. The number of carbonyl (C=O) groups is 1. The van der Waals surface area contributed by atoms with Crippen LogP contribution in [-0.2, 0) is 17.8 Å². The molecule has 168 valence electrons. The van der Waals surface area contributed by atoms with Gasteiger partial charge in [0.1, 0.15) is 11.5 Å². The summed E-state index contributed by atoms with van der Waals surface area (Å²) in [7, 11) is 3.28. The summed E-state index contributed by atoms with van der Waals surface area (Å²) in [6.45, 7) is 0.823. The first-order valence-electron chi connectivity index (χ1n) is 10.6. The fourth-order valence-electron chi connectivity index (χ4n) is 4.10. The van der Waals surface area contributed by atoms with Crippen LogP contribution in [0.5, 0.6) is 23.0 Å². The van der Waals surface area contributed by atoms with Gasteiger partial charge >= 0.3 is 0 Å². The van der Waals surface area contributed by atoms with Crippen molar-refractivity contribution in [2.45, 2.75) is 13.0 Å². The molecule has 0 saturated heterocycles. The summed E-state index contributed by atoms with van der Waals surface area (Å²) >= 11 is 0. The van der Waals surface area contributed by atoms with Crippen LogP contribution < -0.4 is 24.3 Å². The highest BCUT2D eigenvalue weighted by Crippen LogP contribution is 2.34. The van der Waals surface area contributed by atoms with Crippen molar-refractivity contribution in [3.8, 4) is 23.0 Å². The van der Waals surface area contributed by atoms with E-state index in [1.54, 1.807) is 26.4 Å². The fraction of sp³-hybridized carbons (Fsp3) is 0.192. The van der Waals surface area contributed by atoms with E-state index in [4.69, 9.17) is 18.9 Å². The molecular weight excluding hydrogens is 420 g/mol. The van der Waals surface area contributed by atoms with Crippen molar-refractivity contribution in [3.05, 3.63) is 78.0 Å². The van der Waals surface area contributed by atoms with E-state index in [0.29, 0.717) is 23.7 Å². The molecule has 5 rings (SSSR count). The molecule has 0 fully saturated rings. The third-order valence-corrected chi connectivity index (χ3v) is 5.64. The number of carbonyl (C=O) groups excluding carboxylic acids is 1. The molecule has 1 amide bonds. The number of aromatic nitrogens is 1. The van der Waals surface area contributed by atoms with E-state index in [1.165, 1.54) is 0 Å². The number of rotatable bonds is 7. The number of amides is 1. The van der Waals surface area contributed by atoms with Crippen LogP contribution in [0, 0.1) is 0 Å². The highest BCUT2D eigenvalue weighted by Gasteiger charge is 2.16. The van der Waals surface area contributed by atoms with Gasteiger partial charge in [0.15, 0.2) is 11.5 Å². The summed E-state index contributed by atoms with van der Waals surface area (Å²) < 4.78 is 23.7. The standard InChI is InChI=1S/C26H24N2O5/c1-30-20-9-17(10-21(13-20)31-2)14-28-15-18(22-5-3-4-6-23(22)28)11-26(29)27-19-7-8-24-25(12-19)33-16-32-24/h3-10,12-13,15H,11,14,16H2,1-2H3,(H,27,29). The molecule has 0 atom stereocenters. The number of para-hydroxylation sites is 1. The smallest absolute Gasteiger partial charge is 0.231 e. The lowest BCUT2D eigenvalue weighted by atomic mass is 10.1. The summed E-state index contributed by atoms with van der Waals surface area (Å²) in [5.74, 6) is 2.71. The minimum Gasteiger partial charge on any atom is -0.497 e. The average molecular weight is 444 g/mol. The maximum atomic E-state index is 12.8. The second kappa shape index (κ2) is 8.78. The number of nitrogens with one attached hydrogen (secondary N) is 1. The molecule has 0 unspecified atom stereocenters. The van der Waals surface area contributed by atoms with Crippen molar-refractivity contribution >= 4 is 22.5 Å². The van der Waals surface area contributed by atoms with Crippen LogP contribution in [0.4, 0.5) is 5.69 Å². The topological polar surface area (TPSA) is 71.0 Å². The van der Waals surface area contributed by atoms with Crippen LogP contribution >= 0.6 is 0 Å². The van der Waals surface area contributed by atoms with Crippen LogP contribution in [0.15, 0.2) is 66.9 Å². The van der Waals surface area contributed by atoms with E-state index in [9.17, 15) is 4.79 Å². The lowest BCUT2D eigenvalue weighted by molar-refractivity contribution is -0.115. The van der Waals surface area contributed by atoms with Crippen molar-refractivity contribution in [2.24, 2.45) is 0 Å². The Balaban J connectivity index is 1.39. The van der Waals surface area contributed by atoms with Gasteiger partial charge in [-0.25, -0.2) is 0 Å². The summed E-state index contributed by atoms with van der Waals surface area (Å²) in [6.07, 6.45) is 2.29. The second-order valence-corrected chi connectivity index (χ2v) is 7.81. The molecule has 0 aliphatic carbocycles. The van der Waals surface area contributed by atoms with Crippen molar-refractivity contribution in [2.75, 3.05) is 26.3 Å². The van der Waals surface area contributed by atoms with Crippen molar-refractivity contribution in [3.63, 3.8) is 0 Å². The number of ether oxygens (including phenoxy) is 4. The molecule has 2 heterocycles. The van der Waals surface area contributed by atoms with Gasteiger partial charge in [0.25, 0.3) is 0 Å². The average Bonchev–Trinajstić information content (AvgIpc) is 3.43. The van der Waals surface area contributed by atoms with Gasteiger partial charge < -0.3 is 28.8 Å². The zero-order chi connectivity index (χ0) is 22.8. The van der Waals surface area contributed by atoms with Crippen LogP contribution in [-0.4, -0.2) is 31.5 Å². The number of benzene rings is 3. The Morgan fingerprint density at radius 1 is 0.970 bits per heavy atom. The number of anilines is 1. The van der Waals surface area contributed by atoms with Gasteiger partial charge in [-0.1, -0.05) is 18.2 Å². The third kappa shape index (κ3) is 4.30. The lowest BCUT2D eigenvalue weighted by Gasteiger charge is -2.10. The van der Waals surface area contributed by atoms with Crippen LogP contribution in [0.1, 0.15) is 11.1 Å². The Bertz CT molecular complexity index is 1310. The Kier molecular flexibility index (Phi) is 5.52. The molecule has 4 aromatic rings. The molecule has 7 heteroatoms. The molecule has 0 saturated carbocycles. The van der Waals surface area contributed by atoms with Gasteiger partial charge in [-0.3, -0.25) is 4.79 Å². The third-order valence-electron chi connectivity index (χ3n) is 5.64. The van der Waals surface area contributed by atoms with E-state index in [1.807, 2.05) is 48.7 Å². The Labute approximate surface area is 191 Å². The predicted octanol–water partition coefficient (Wildman–Crippen LogP) is 4.62. The first kappa shape index (κ1) is 20.8. The van der Waals surface area contributed by atoms with Crippen LogP contribution in [0.25, 0.3) is 10.9 Å². The molecule has 1 N–H and O–H groups in total. The summed E-state index contributed by atoms with van der Waals surface area (Å²) in [6, 6.07) is 19.3. The van der Waals surface area contributed by atoms with Gasteiger partial charge in [-0.15, -0.1) is 0 Å². The monoisotopic (exact) mass is 444 g/mol. The van der Waals surface area contributed by atoms with E-state index in [0.717, 1.165) is 33.5 Å². The minimum atomic E-state index is -0.0974. The Hall–Kier alpha value is -4.13. The second-order valence-electron chi connectivity index (χ2n) is 7.81. The fourth-order valence-corrected chi connectivity index (χ4v) is 4.10. The number of nitrogens with zero attached hydrogens (tertiary/aromatic N) is 1. The van der Waals surface area contributed by atoms with Gasteiger partial charge in [-0.2, -0.15) is 0 Å². The Morgan fingerprint density at radius 3 is 2.52 bits per heavy atom. The molecule has 1 aromatic heterocycles. The van der Waals surface area contributed by atoms with E-state index < -0.39 is 0 Å². The summed E-state index contributed by atoms with van der Waals surface area (Å²) in [5.41, 5.74) is 3.74. The predicted molar refractivity (Wildman–Crippen MR) is 125 cm³/mol. The van der Waals surface area contributed by atoms with Crippen LogP contribution in [0.2, 0.25) is 0 Å². The van der Waals surface area contributed by atoms with Gasteiger partial charge in [-0.05, 0) is 41.5 Å². The molecule has 1 aliphatic heterocycles. The molecule has 0 spiro atoms. The maximum absolute atomic E-state index is 12.8. The van der Waals surface area contributed by atoms with Crippen molar-refractivity contribution in [1.29, 1.82) is 0 Å². The normalized spacial score (nSPS) is 12.1. The van der Waals surface area contributed by atoms with Crippen LogP contribution in [0.3, 0.4) is 0 Å². The van der Waals surface area contributed by atoms with E-state index >= 15 is 0 Å². The summed E-state index contributed by atoms with van der Waals surface area (Å²) in [5, 5.41) is 4.01. The van der Waals surface area contributed by atoms with E-state index in [-0.39, 0.29) is 19.1 Å². The number of methoxy groups -OCH3 is 2. The zero-order valence-corrected chi connectivity index (χ0v) is 18.5. The highest BCUT2D eigenvalue weighted by molar-refractivity contribution is 5.96. The number of hydrogen-bond acceptors (Lipinski definition) is 5. The quantitative estimate of drug-likeness (QED) is 0.451. The molecule has 33 heavy (non-hydrogen) atoms. The molecular formula is C26H24N2O5. The van der Waals surface area contributed by atoms with Gasteiger partial charge in [0, 0.05) is 41.5 Å². The Morgan fingerprint density at radius 2 is 1.73 bits per heavy atom. The SMILES string of the molecule is COc1cc(Cn2cc(CC(=O)Nc3ccc4c(c3)OCO4)c3ccccc32)cc(OC)c1.